The highest BCUT2D eigenvalue weighted by Crippen LogP contribution is 2.47. The van der Waals surface area contributed by atoms with E-state index in [0.29, 0.717) is 0 Å². The topological polar surface area (TPSA) is 12.0 Å². The Morgan fingerprint density at radius 2 is 2.50 bits per heavy atom. The van der Waals surface area contributed by atoms with Crippen LogP contribution in [0.25, 0.3) is 0 Å². The molecule has 0 aromatic carbocycles. The number of nitrogens with one attached hydrogen (secondary N) is 1. The lowest BCUT2D eigenvalue weighted by Gasteiger charge is -1.86. The lowest BCUT2D eigenvalue weighted by molar-refractivity contribution is 1.40. The zero-order chi connectivity index (χ0) is 5.98. The van der Waals surface area contributed by atoms with Crippen LogP contribution in [0.15, 0.2) is 9.39 Å². The molecule has 0 aliphatic carbocycles. The van der Waals surface area contributed by atoms with E-state index in [-0.39, 0.29) is 0 Å². The fourth-order valence-corrected chi connectivity index (χ4v) is 5.22. The van der Waals surface area contributed by atoms with Crippen molar-refractivity contribution in [2.45, 2.75) is 0 Å². The van der Waals surface area contributed by atoms with Crippen LogP contribution in [0.4, 0.5) is 0 Å². The third-order valence-electron chi connectivity index (χ3n) is 0.498. The van der Waals surface area contributed by atoms with Crippen LogP contribution in [0.2, 0.25) is 0 Å². The molecule has 1 aliphatic rings. The third-order valence-corrected chi connectivity index (χ3v) is 5.62. The van der Waals surface area contributed by atoms with Crippen molar-refractivity contribution in [1.29, 1.82) is 0 Å². The highest BCUT2D eigenvalue weighted by atomic mass is 79.9. The van der Waals surface area contributed by atoms with Gasteiger partial charge in [0.2, 0.25) is 0 Å². The molecule has 0 radical (unpaired) electrons. The van der Waals surface area contributed by atoms with Gasteiger partial charge in [-0.25, -0.2) is 0 Å². The Bertz CT molecular complexity index is 126. The fraction of sp³-hybridized carbons (Fsp3) is 0. The van der Waals surface area contributed by atoms with Crippen molar-refractivity contribution >= 4 is 58.4 Å². The molecule has 6 heteroatoms. The van der Waals surface area contributed by atoms with Gasteiger partial charge in [0, 0.05) is 11.0 Å². The molecule has 0 aromatic heterocycles. The summed E-state index contributed by atoms with van der Waals surface area (Å²) < 4.78 is 3.97. The zero-order valence-corrected chi connectivity index (χ0v) is 8.27. The van der Waals surface area contributed by atoms with Gasteiger partial charge in [-0.2, -0.15) is 0 Å². The van der Waals surface area contributed by atoms with Crippen LogP contribution in [0.5, 0.6) is 0 Å². The summed E-state index contributed by atoms with van der Waals surface area (Å²) in [6.45, 7) is 0. The van der Waals surface area contributed by atoms with Gasteiger partial charge in [-0.15, -0.1) is 0 Å². The van der Waals surface area contributed by atoms with Crippen molar-refractivity contribution in [3.63, 3.8) is 0 Å². The summed E-state index contributed by atoms with van der Waals surface area (Å²) in [4.78, 5) is 0. The normalized spacial score (nSPS) is 19.2. The molecule has 1 aliphatic heterocycles. The van der Waals surface area contributed by atoms with Crippen molar-refractivity contribution in [2.75, 3.05) is 0 Å². The van der Waals surface area contributed by atoms with Crippen LogP contribution in [-0.2, 0) is 0 Å². The summed E-state index contributed by atoms with van der Waals surface area (Å²) in [5.74, 6) is 0. The van der Waals surface area contributed by atoms with E-state index in [0.717, 1.165) is 9.39 Å². The second kappa shape index (κ2) is 3.51. The van der Waals surface area contributed by atoms with Gasteiger partial charge in [0.15, 0.2) is 0 Å². The van der Waals surface area contributed by atoms with Crippen LogP contribution >= 0.6 is 58.4 Å². The van der Waals surface area contributed by atoms with Crippen LogP contribution in [0, 0.1) is 0 Å². The monoisotopic (exact) mass is 249 g/mol. The van der Waals surface area contributed by atoms with Crippen molar-refractivity contribution in [3.8, 4) is 0 Å². The molecule has 1 rings (SSSR count). The molecule has 1 heterocycles. The molecule has 1 nitrogen and oxygen atoms in total. The Morgan fingerprint density at radius 1 is 1.75 bits per heavy atom. The minimum Gasteiger partial charge on any atom is -0.309 e. The Morgan fingerprint density at radius 3 is 2.75 bits per heavy atom. The highest BCUT2D eigenvalue weighted by molar-refractivity contribution is 9.51. The standard InChI is InChI=1S/C2HBrClNS3/c3-6-2-1(4)5-8-7-2/h5H. The first-order valence-electron chi connectivity index (χ1n) is 1.62. The predicted octanol–water partition coefficient (Wildman–Crippen LogP) is 3.29. The maximum atomic E-state index is 5.65. The first-order chi connectivity index (χ1) is 3.84. The molecule has 0 fully saturated rings. The molecule has 0 amide bonds. The van der Waals surface area contributed by atoms with Gasteiger partial charge in [0.05, 0.1) is 4.24 Å². The fourth-order valence-electron chi connectivity index (χ4n) is 0.220. The van der Waals surface area contributed by atoms with Gasteiger partial charge in [0.1, 0.15) is 5.16 Å². The molecule has 46 valence electrons. The van der Waals surface area contributed by atoms with Crippen molar-refractivity contribution in [1.82, 2.24) is 4.72 Å². The maximum absolute atomic E-state index is 5.65. The molecule has 8 heavy (non-hydrogen) atoms. The van der Waals surface area contributed by atoms with E-state index in [1.807, 2.05) is 0 Å². The summed E-state index contributed by atoms with van der Waals surface area (Å²) in [5.41, 5.74) is 0. The van der Waals surface area contributed by atoms with Gasteiger partial charge in [0.25, 0.3) is 0 Å². The largest absolute Gasteiger partial charge is 0.309 e. The Hall–Kier alpha value is 1.36. The molecule has 0 unspecified atom stereocenters. The SMILES string of the molecule is ClC1=C(SBr)SSN1. The van der Waals surface area contributed by atoms with E-state index in [1.54, 1.807) is 10.8 Å². The zero-order valence-electron chi connectivity index (χ0n) is 3.48. The van der Waals surface area contributed by atoms with Gasteiger partial charge in [-0.1, -0.05) is 11.6 Å². The van der Waals surface area contributed by atoms with E-state index < -0.39 is 0 Å². The summed E-state index contributed by atoms with van der Waals surface area (Å²) in [6.07, 6.45) is 0. The van der Waals surface area contributed by atoms with Gasteiger partial charge in [-0.3, -0.25) is 0 Å². The van der Waals surface area contributed by atoms with E-state index in [2.05, 4.69) is 19.5 Å². The van der Waals surface area contributed by atoms with Crippen LogP contribution < -0.4 is 4.72 Å². The van der Waals surface area contributed by atoms with E-state index in [9.17, 15) is 0 Å². The average Bonchev–Trinajstić information content (AvgIpc) is 2.14. The molecule has 0 saturated heterocycles. The molecule has 0 spiro atoms. The third kappa shape index (κ3) is 1.67. The minimum atomic E-state index is 0.724. The lowest BCUT2D eigenvalue weighted by atomic mass is 11.1. The smallest absolute Gasteiger partial charge is 0.134 e. The quantitative estimate of drug-likeness (QED) is 0.435. The Balaban J connectivity index is 2.58. The number of hydrogen-bond acceptors (Lipinski definition) is 4. The van der Waals surface area contributed by atoms with E-state index >= 15 is 0 Å². The summed E-state index contributed by atoms with van der Waals surface area (Å²) in [6, 6.07) is 0. The van der Waals surface area contributed by atoms with Crippen LogP contribution in [0.3, 0.4) is 0 Å². The Kier molecular flexibility index (Phi) is 3.28. The van der Waals surface area contributed by atoms with Crippen molar-refractivity contribution < 1.29 is 0 Å². The lowest BCUT2D eigenvalue weighted by Crippen LogP contribution is -1.87. The summed E-state index contributed by atoms with van der Waals surface area (Å²) in [7, 11) is 4.62. The molecule has 0 bridgehead atoms. The number of halogens is 2. The minimum absolute atomic E-state index is 0.724. The van der Waals surface area contributed by atoms with Crippen LogP contribution in [0.1, 0.15) is 0 Å². The predicted molar refractivity (Wildman–Crippen MR) is 47.7 cm³/mol. The summed E-state index contributed by atoms with van der Waals surface area (Å²) in [5, 5.41) is 0.724. The molecular weight excluding hydrogens is 250 g/mol. The molecular formula is C2HBrClNS3. The van der Waals surface area contributed by atoms with E-state index in [1.165, 1.54) is 21.2 Å². The summed E-state index contributed by atoms with van der Waals surface area (Å²) >= 11 is 8.87. The van der Waals surface area contributed by atoms with Gasteiger partial charge < -0.3 is 4.72 Å². The highest BCUT2D eigenvalue weighted by Gasteiger charge is 2.12. The van der Waals surface area contributed by atoms with Crippen molar-refractivity contribution in [2.24, 2.45) is 0 Å². The van der Waals surface area contributed by atoms with Gasteiger partial charge in [-0.05, 0) is 35.8 Å². The Labute approximate surface area is 72.1 Å². The van der Waals surface area contributed by atoms with Crippen molar-refractivity contribution in [3.05, 3.63) is 9.39 Å². The van der Waals surface area contributed by atoms with Gasteiger partial charge >= 0.3 is 0 Å². The first kappa shape index (κ1) is 7.47. The first-order valence-corrected chi connectivity index (χ1v) is 6.81. The second-order valence-electron chi connectivity index (χ2n) is 0.947. The maximum Gasteiger partial charge on any atom is 0.134 e. The molecule has 0 aromatic rings. The molecule has 0 saturated carbocycles. The van der Waals surface area contributed by atoms with E-state index in [4.69, 9.17) is 11.6 Å². The average molecular weight is 251 g/mol. The second-order valence-corrected chi connectivity index (χ2v) is 5.06. The molecule has 1 N–H and O–H groups in total. The number of hydrogen-bond donors (Lipinski definition) is 1. The molecule has 0 atom stereocenters. The van der Waals surface area contributed by atoms with Crippen LogP contribution in [-0.4, -0.2) is 0 Å². The number of rotatable bonds is 1.